The smallest absolute Gasteiger partial charge is 0.304 e. The van der Waals surface area contributed by atoms with Gasteiger partial charge in [0.2, 0.25) is 10.0 Å². The van der Waals surface area contributed by atoms with E-state index in [4.69, 9.17) is 10.4 Å². The van der Waals surface area contributed by atoms with Crippen molar-refractivity contribution in [3.05, 3.63) is 29.8 Å². The Labute approximate surface area is 105 Å². The molecule has 0 aliphatic heterocycles. The third-order valence-electron chi connectivity index (χ3n) is 2.34. The molecule has 0 atom stereocenters. The highest BCUT2D eigenvalue weighted by atomic mass is 32.2. The molecule has 7 heteroatoms. The zero-order chi connectivity index (χ0) is 13.8. The summed E-state index contributed by atoms with van der Waals surface area (Å²) >= 11 is 0. The van der Waals surface area contributed by atoms with Crippen LogP contribution in [-0.2, 0) is 14.8 Å². The Morgan fingerprint density at radius 3 is 2.61 bits per heavy atom. The molecule has 0 saturated heterocycles. The summed E-state index contributed by atoms with van der Waals surface area (Å²) in [6.07, 6.45) is -0.287. The van der Waals surface area contributed by atoms with E-state index in [9.17, 15) is 13.2 Å². The molecule has 0 saturated carbocycles. The Morgan fingerprint density at radius 2 is 2.06 bits per heavy atom. The van der Waals surface area contributed by atoms with E-state index in [2.05, 4.69) is 0 Å². The fourth-order valence-electron chi connectivity index (χ4n) is 1.33. The first-order valence-corrected chi connectivity index (χ1v) is 6.51. The number of carbonyl (C=O) groups is 1. The summed E-state index contributed by atoms with van der Waals surface area (Å²) in [7, 11) is -2.55. The second-order valence-corrected chi connectivity index (χ2v) is 5.59. The van der Waals surface area contributed by atoms with Crippen molar-refractivity contribution in [2.45, 2.75) is 11.3 Å². The lowest BCUT2D eigenvalue weighted by Crippen LogP contribution is -2.29. The number of nitriles is 1. The van der Waals surface area contributed by atoms with Crippen molar-refractivity contribution in [3.8, 4) is 6.07 Å². The van der Waals surface area contributed by atoms with Crippen molar-refractivity contribution in [3.63, 3.8) is 0 Å². The molecule has 6 nitrogen and oxygen atoms in total. The molecule has 0 fully saturated rings. The zero-order valence-electron chi connectivity index (χ0n) is 9.70. The minimum absolute atomic E-state index is 0.0414. The minimum Gasteiger partial charge on any atom is -0.481 e. The lowest BCUT2D eigenvalue weighted by Gasteiger charge is -2.16. The summed E-state index contributed by atoms with van der Waals surface area (Å²) in [6, 6.07) is 7.60. The van der Waals surface area contributed by atoms with Crippen LogP contribution in [0.2, 0.25) is 0 Å². The molecule has 0 amide bonds. The second-order valence-electron chi connectivity index (χ2n) is 3.58. The van der Waals surface area contributed by atoms with Gasteiger partial charge >= 0.3 is 5.97 Å². The van der Waals surface area contributed by atoms with Gasteiger partial charge in [0.05, 0.1) is 16.9 Å². The zero-order valence-corrected chi connectivity index (χ0v) is 10.5. The molecule has 0 aliphatic rings. The van der Waals surface area contributed by atoms with Crippen LogP contribution in [0, 0.1) is 11.3 Å². The Kier molecular flexibility index (Phi) is 4.42. The van der Waals surface area contributed by atoms with Crippen LogP contribution in [0.5, 0.6) is 0 Å². The average molecular weight is 268 g/mol. The van der Waals surface area contributed by atoms with E-state index in [-0.39, 0.29) is 23.4 Å². The molecule has 0 aromatic heterocycles. The highest BCUT2D eigenvalue weighted by Gasteiger charge is 2.23. The summed E-state index contributed by atoms with van der Waals surface area (Å²) in [5, 5.41) is 17.4. The van der Waals surface area contributed by atoms with Crippen LogP contribution < -0.4 is 0 Å². The van der Waals surface area contributed by atoms with E-state index >= 15 is 0 Å². The first-order valence-electron chi connectivity index (χ1n) is 5.07. The molecule has 1 N–H and O–H groups in total. The highest BCUT2D eigenvalue weighted by Crippen LogP contribution is 2.18. The minimum atomic E-state index is -3.83. The molecule has 1 aromatic carbocycles. The maximum absolute atomic E-state index is 12.1. The number of hydrogen-bond acceptors (Lipinski definition) is 4. The van der Waals surface area contributed by atoms with E-state index < -0.39 is 16.0 Å². The molecule has 96 valence electrons. The Hall–Kier alpha value is -1.91. The average Bonchev–Trinajstić information content (AvgIpc) is 2.35. The monoisotopic (exact) mass is 268 g/mol. The van der Waals surface area contributed by atoms with Gasteiger partial charge < -0.3 is 5.11 Å². The molecular weight excluding hydrogens is 256 g/mol. The van der Waals surface area contributed by atoms with Crippen LogP contribution >= 0.6 is 0 Å². The van der Waals surface area contributed by atoms with Crippen LogP contribution in [0.15, 0.2) is 29.2 Å². The number of benzene rings is 1. The van der Waals surface area contributed by atoms with Crippen molar-refractivity contribution in [1.29, 1.82) is 5.26 Å². The molecule has 18 heavy (non-hydrogen) atoms. The Morgan fingerprint density at radius 1 is 1.44 bits per heavy atom. The van der Waals surface area contributed by atoms with Gasteiger partial charge in [-0.2, -0.15) is 5.26 Å². The molecule has 1 aromatic rings. The summed E-state index contributed by atoms with van der Waals surface area (Å²) in [5.74, 6) is -1.08. The third-order valence-corrected chi connectivity index (χ3v) is 4.25. The SMILES string of the molecule is CN(CCC(=O)O)S(=O)(=O)c1ccccc1C#N. The number of sulfonamides is 1. The predicted molar refractivity (Wildman–Crippen MR) is 63.2 cm³/mol. The first-order chi connectivity index (χ1) is 8.39. The van der Waals surface area contributed by atoms with Crippen LogP contribution in [-0.4, -0.2) is 37.4 Å². The van der Waals surface area contributed by atoms with Crippen molar-refractivity contribution in [2.75, 3.05) is 13.6 Å². The summed E-state index contributed by atoms with van der Waals surface area (Å²) in [6.45, 7) is -0.141. The fourth-order valence-corrected chi connectivity index (χ4v) is 2.63. The maximum Gasteiger partial charge on any atom is 0.304 e. The topological polar surface area (TPSA) is 98.5 Å². The lowest BCUT2D eigenvalue weighted by atomic mass is 10.2. The van der Waals surface area contributed by atoms with Crippen LogP contribution in [0.3, 0.4) is 0 Å². The van der Waals surface area contributed by atoms with Crippen LogP contribution in [0.25, 0.3) is 0 Å². The van der Waals surface area contributed by atoms with E-state index in [0.717, 1.165) is 4.31 Å². The van der Waals surface area contributed by atoms with Crippen LogP contribution in [0.4, 0.5) is 0 Å². The lowest BCUT2D eigenvalue weighted by molar-refractivity contribution is -0.137. The molecule has 0 spiro atoms. The first kappa shape index (κ1) is 14.2. The van der Waals surface area contributed by atoms with E-state index in [0.29, 0.717) is 0 Å². The molecule has 0 aliphatic carbocycles. The number of nitrogens with zero attached hydrogens (tertiary/aromatic N) is 2. The van der Waals surface area contributed by atoms with E-state index in [1.165, 1.54) is 25.2 Å². The third kappa shape index (κ3) is 3.06. The fraction of sp³-hybridized carbons (Fsp3) is 0.273. The predicted octanol–water partition coefficient (Wildman–Crippen LogP) is 0.653. The number of rotatable bonds is 5. The molecule has 0 unspecified atom stereocenters. The molecule has 0 heterocycles. The summed E-state index contributed by atoms with van der Waals surface area (Å²) in [4.78, 5) is 10.3. The quantitative estimate of drug-likeness (QED) is 0.845. The van der Waals surface area contributed by atoms with Gasteiger partial charge in [0, 0.05) is 13.6 Å². The van der Waals surface area contributed by atoms with Gasteiger partial charge in [0.1, 0.15) is 6.07 Å². The van der Waals surface area contributed by atoms with E-state index in [1.54, 1.807) is 12.1 Å². The highest BCUT2D eigenvalue weighted by molar-refractivity contribution is 7.89. The normalized spacial score (nSPS) is 11.2. The number of carboxylic acids is 1. The van der Waals surface area contributed by atoms with Gasteiger partial charge in [0.15, 0.2) is 0 Å². The molecule has 1 rings (SSSR count). The van der Waals surface area contributed by atoms with Crippen molar-refractivity contribution in [1.82, 2.24) is 4.31 Å². The number of hydrogen-bond donors (Lipinski definition) is 1. The second kappa shape index (κ2) is 5.62. The van der Waals surface area contributed by atoms with Gasteiger partial charge in [-0.15, -0.1) is 0 Å². The van der Waals surface area contributed by atoms with Crippen molar-refractivity contribution >= 4 is 16.0 Å². The standard InChI is InChI=1S/C11H12N2O4S/c1-13(7-6-11(14)15)18(16,17)10-5-3-2-4-9(10)8-12/h2-5H,6-7H2,1H3,(H,14,15). The maximum atomic E-state index is 12.1. The molecule has 0 radical (unpaired) electrons. The van der Waals surface area contributed by atoms with Gasteiger partial charge in [-0.1, -0.05) is 12.1 Å². The largest absolute Gasteiger partial charge is 0.481 e. The van der Waals surface area contributed by atoms with E-state index in [1.807, 2.05) is 0 Å². The van der Waals surface area contributed by atoms with Crippen LogP contribution in [0.1, 0.15) is 12.0 Å². The summed E-state index contributed by atoms with van der Waals surface area (Å²) in [5.41, 5.74) is 0.0414. The summed E-state index contributed by atoms with van der Waals surface area (Å²) < 4.78 is 25.1. The van der Waals surface area contributed by atoms with Gasteiger partial charge in [-0.25, -0.2) is 12.7 Å². The van der Waals surface area contributed by atoms with Gasteiger partial charge in [-0.3, -0.25) is 4.79 Å². The van der Waals surface area contributed by atoms with Gasteiger partial charge in [0.25, 0.3) is 0 Å². The Balaban J connectivity index is 3.06. The van der Waals surface area contributed by atoms with Gasteiger partial charge in [-0.05, 0) is 12.1 Å². The number of aliphatic carboxylic acids is 1. The van der Waals surface area contributed by atoms with Crippen molar-refractivity contribution in [2.24, 2.45) is 0 Å². The number of carboxylic acid groups (broad SMARTS) is 1. The van der Waals surface area contributed by atoms with Crippen molar-refractivity contribution < 1.29 is 18.3 Å². The Bertz CT molecular complexity index is 589. The molecule has 0 bridgehead atoms. The molecular formula is C11H12N2O4S.